The van der Waals surface area contributed by atoms with Gasteiger partial charge < -0.3 is 25.7 Å². The van der Waals surface area contributed by atoms with Crippen LogP contribution in [0, 0.1) is 11.3 Å². The van der Waals surface area contributed by atoms with Crippen LogP contribution < -0.4 is 11.5 Å². The number of nitrogen functional groups attached to an aromatic ring is 1. The summed E-state index contributed by atoms with van der Waals surface area (Å²) in [6.45, 7) is 3.41. The topological polar surface area (TPSA) is 123 Å². The molecule has 1 amide bonds. The molecule has 0 spiro atoms. The summed E-state index contributed by atoms with van der Waals surface area (Å²) >= 11 is 0. The third kappa shape index (κ3) is 6.68. The number of imidazole rings is 1. The molecule has 3 aromatic rings. The monoisotopic (exact) mass is 530 g/mol. The maximum Gasteiger partial charge on any atom is 0.253 e. The SMILES string of the molecule is N=C(N)c1ccc(CCc2nc3cc(C(=O)N(CCN)CC4CCCCC4)ccc3n2CC2CCCO2)cc1. The van der Waals surface area contributed by atoms with Crippen LogP contribution in [0.25, 0.3) is 11.0 Å². The van der Waals surface area contributed by atoms with E-state index in [1.165, 1.54) is 37.7 Å². The predicted molar refractivity (Wildman–Crippen MR) is 155 cm³/mol. The molecule has 1 atom stereocenters. The molecule has 2 aromatic carbocycles. The number of hydrogen-bond donors (Lipinski definition) is 3. The number of aromatic nitrogens is 2. The molecule has 1 aliphatic heterocycles. The minimum atomic E-state index is 0.0497. The predicted octanol–water partition coefficient (Wildman–Crippen LogP) is 4.27. The fourth-order valence-corrected chi connectivity index (χ4v) is 6.10. The summed E-state index contributed by atoms with van der Waals surface area (Å²) in [7, 11) is 0. The number of nitrogens with two attached hydrogens (primary N) is 2. The highest BCUT2D eigenvalue weighted by molar-refractivity contribution is 5.97. The molecule has 2 aliphatic rings. The highest BCUT2D eigenvalue weighted by Crippen LogP contribution is 2.26. The van der Waals surface area contributed by atoms with Crippen molar-refractivity contribution in [3.8, 4) is 0 Å². The lowest BCUT2D eigenvalue weighted by atomic mass is 9.89. The maximum atomic E-state index is 13.6. The minimum Gasteiger partial charge on any atom is -0.384 e. The molecule has 208 valence electrons. The van der Waals surface area contributed by atoms with Crippen LogP contribution in [0.3, 0.4) is 0 Å². The van der Waals surface area contributed by atoms with Crippen molar-refractivity contribution >= 4 is 22.8 Å². The Morgan fingerprint density at radius 2 is 1.79 bits per heavy atom. The van der Waals surface area contributed by atoms with Crippen LogP contribution in [0.15, 0.2) is 42.5 Å². The molecule has 8 heteroatoms. The first-order valence-corrected chi connectivity index (χ1v) is 14.5. The highest BCUT2D eigenvalue weighted by Gasteiger charge is 2.24. The average molecular weight is 531 g/mol. The summed E-state index contributed by atoms with van der Waals surface area (Å²) in [5.74, 6) is 1.70. The first-order chi connectivity index (χ1) is 19.0. The standard InChI is InChI=1S/C31H42N6O2/c32-16-17-36(20-23-5-2-1-3-6-23)31(38)25-13-14-28-27(19-25)35-29(37(28)21-26-7-4-18-39-26)15-10-22-8-11-24(12-9-22)30(33)34/h8-9,11-14,19,23,26H,1-7,10,15-18,20-21,32H2,(H3,33,34). The molecule has 39 heavy (non-hydrogen) atoms. The van der Waals surface area contributed by atoms with Gasteiger partial charge in [0.15, 0.2) is 0 Å². The van der Waals surface area contributed by atoms with Crippen molar-refractivity contribution in [3.63, 3.8) is 0 Å². The molecular weight excluding hydrogens is 488 g/mol. The number of rotatable bonds is 11. The summed E-state index contributed by atoms with van der Waals surface area (Å²) in [4.78, 5) is 20.6. The third-order valence-corrected chi connectivity index (χ3v) is 8.28. The summed E-state index contributed by atoms with van der Waals surface area (Å²) in [6.07, 6.45) is 10.1. The lowest BCUT2D eigenvalue weighted by Crippen LogP contribution is -2.39. The van der Waals surface area contributed by atoms with E-state index in [9.17, 15) is 4.79 Å². The number of hydrogen-bond acceptors (Lipinski definition) is 5. The van der Waals surface area contributed by atoms with E-state index in [4.69, 9.17) is 26.6 Å². The zero-order valence-electron chi connectivity index (χ0n) is 22.9. The van der Waals surface area contributed by atoms with Gasteiger partial charge in [-0.1, -0.05) is 43.5 Å². The Hall–Kier alpha value is -3.23. The second kappa shape index (κ2) is 12.7. The van der Waals surface area contributed by atoms with Gasteiger partial charge in [-0.3, -0.25) is 10.2 Å². The van der Waals surface area contributed by atoms with E-state index < -0.39 is 0 Å². The smallest absolute Gasteiger partial charge is 0.253 e. The van der Waals surface area contributed by atoms with Crippen molar-refractivity contribution < 1.29 is 9.53 Å². The number of amides is 1. The number of fused-ring (bicyclic) bond motifs is 1. The molecule has 0 radical (unpaired) electrons. The molecule has 1 saturated heterocycles. The van der Waals surface area contributed by atoms with Gasteiger partial charge in [0.25, 0.3) is 5.91 Å². The van der Waals surface area contributed by atoms with Crippen LogP contribution in [0.4, 0.5) is 0 Å². The largest absolute Gasteiger partial charge is 0.384 e. The van der Waals surface area contributed by atoms with Crippen LogP contribution in [0.2, 0.25) is 0 Å². The van der Waals surface area contributed by atoms with E-state index >= 15 is 0 Å². The van der Waals surface area contributed by atoms with Crippen molar-refractivity contribution in [2.24, 2.45) is 17.4 Å². The van der Waals surface area contributed by atoms with Gasteiger partial charge in [0.1, 0.15) is 11.7 Å². The Morgan fingerprint density at radius 3 is 2.49 bits per heavy atom. The van der Waals surface area contributed by atoms with E-state index in [-0.39, 0.29) is 17.8 Å². The number of nitrogens with zero attached hydrogens (tertiary/aromatic N) is 3. The number of carbonyl (C=O) groups excluding carboxylic acids is 1. The number of amidine groups is 1. The van der Waals surface area contributed by atoms with Crippen LogP contribution >= 0.6 is 0 Å². The normalized spacial score (nSPS) is 18.0. The number of benzene rings is 2. The van der Waals surface area contributed by atoms with E-state index in [1.807, 2.05) is 41.3 Å². The quantitative estimate of drug-likeness (QED) is 0.252. The molecule has 5 rings (SSSR count). The Kier molecular flexibility index (Phi) is 8.94. The molecule has 0 bridgehead atoms. The summed E-state index contributed by atoms with van der Waals surface area (Å²) < 4.78 is 8.25. The van der Waals surface area contributed by atoms with Gasteiger partial charge >= 0.3 is 0 Å². The van der Waals surface area contributed by atoms with Crippen molar-refractivity contribution in [1.82, 2.24) is 14.5 Å². The Balaban J connectivity index is 1.38. The third-order valence-electron chi connectivity index (χ3n) is 8.28. The molecule has 2 heterocycles. The number of carbonyl (C=O) groups is 1. The van der Waals surface area contributed by atoms with Gasteiger partial charge in [-0.25, -0.2) is 4.98 Å². The van der Waals surface area contributed by atoms with Gasteiger partial charge in [-0.2, -0.15) is 0 Å². The maximum absolute atomic E-state index is 13.6. The second-order valence-electron chi connectivity index (χ2n) is 11.1. The van der Waals surface area contributed by atoms with Gasteiger partial charge in [0, 0.05) is 43.8 Å². The van der Waals surface area contributed by atoms with Crippen LogP contribution in [-0.4, -0.2) is 58.5 Å². The van der Waals surface area contributed by atoms with E-state index in [0.29, 0.717) is 24.6 Å². The van der Waals surface area contributed by atoms with Gasteiger partial charge in [-0.05, 0) is 61.8 Å². The van der Waals surface area contributed by atoms with Crippen molar-refractivity contribution in [1.29, 1.82) is 5.41 Å². The Labute approximate surface area is 231 Å². The van der Waals surface area contributed by atoms with E-state index in [1.54, 1.807) is 0 Å². The van der Waals surface area contributed by atoms with Gasteiger partial charge in [-0.15, -0.1) is 0 Å². The van der Waals surface area contributed by atoms with Crippen LogP contribution in [0.1, 0.15) is 72.3 Å². The molecule has 5 N–H and O–H groups in total. The van der Waals surface area contributed by atoms with Crippen LogP contribution in [-0.2, 0) is 24.1 Å². The van der Waals surface area contributed by atoms with Crippen molar-refractivity contribution in [2.45, 2.75) is 70.4 Å². The Morgan fingerprint density at radius 1 is 1.03 bits per heavy atom. The second-order valence-corrected chi connectivity index (χ2v) is 11.1. The van der Waals surface area contributed by atoms with Crippen molar-refractivity contribution in [2.75, 3.05) is 26.2 Å². The molecular formula is C31H42N6O2. The molecule has 1 aliphatic carbocycles. The number of nitrogens with one attached hydrogen (secondary N) is 1. The fourth-order valence-electron chi connectivity index (χ4n) is 6.10. The number of ether oxygens (including phenoxy) is 1. The summed E-state index contributed by atoms with van der Waals surface area (Å²) in [6, 6.07) is 13.8. The average Bonchev–Trinajstić information content (AvgIpc) is 3.60. The Bertz CT molecular complexity index is 1270. The molecule has 1 aromatic heterocycles. The van der Waals surface area contributed by atoms with Crippen molar-refractivity contribution in [3.05, 3.63) is 65.0 Å². The molecule has 1 unspecified atom stereocenters. The zero-order valence-corrected chi connectivity index (χ0v) is 22.9. The minimum absolute atomic E-state index is 0.0497. The lowest BCUT2D eigenvalue weighted by molar-refractivity contribution is 0.0719. The van der Waals surface area contributed by atoms with Gasteiger partial charge in [0.2, 0.25) is 0 Å². The van der Waals surface area contributed by atoms with E-state index in [0.717, 1.165) is 67.8 Å². The molecule has 8 nitrogen and oxygen atoms in total. The lowest BCUT2D eigenvalue weighted by Gasteiger charge is -2.29. The summed E-state index contributed by atoms with van der Waals surface area (Å²) in [5, 5.41) is 7.62. The molecule has 1 saturated carbocycles. The first kappa shape index (κ1) is 27.3. The van der Waals surface area contributed by atoms with E-state index in [2.05, 4.69) is 10.6 Å². The molecule has 2 fully saturated rings. The zero-order chi connectivity index (χ0) is 27.2. The summed E-state index contributed by atoms with van der Waals surface area (Å²) in [5.41, 5.74) is 16.0. The fraction of sp³-hybridized carbons (Fsp3) is 0.516. The first-order valence-electron chi connectivity index (χ1n) is 14.5. The number of aryl methyl sites for hydroxylation is 2. The van der Waals surface area contributed by atoms with Crippen LogP contribution in [0.5, 0.6) is 0 Å². The van der Waals surface area contributed by atoms with Gasteiger partial charge in [0.05, 0.1) is 23.7 Å². The highest BCUT2D eigenvalue weighted by atomic mass is 16.5.